The molecule has 1 aromatic heterocycles. The lowest BCUT2D eigenvalue weighted by Gasteiger charge is -2.36. The van der Waals surface area contributed by atoms with Gasteiger partial charge in [-0.2, -0.15) is 0 Å². The van der Waals surface area contributed by atoms with Gasteiger partial charge in [-0.15, -0.1) is 0 Å². The zero-order chi connectivity index (χ0) is 17.1. The van der Waals surface area contributed by atoms with Crippen molar-refractivity contribution in [2.24, 2.45) is 0 Å². The molecule has 2 N–H and O–H groups in total. The average Bonchev–Trinajstić information content (AvgIpc) is 2.60. The third kappa shape index (κ3) is 3.72. The number of fused-ring (bicyclic) bond motifs is 1. The number of nitrogens with one attached hydrogen (secondary N) is 1. The molecular weight excluding hydrogens is 312 g/mol. The molecule has 3 rings (SSSR count). The Hall–Kier alpha value is -2.03. The van der Waals surface area contributed by atoms with Gasteiger partial charge in [0.1, 0.15) is 0 Å². The maximum Gasteiger partial charge on any atom is 0.276 e. The molecule has 1 aromatic rings. The Morgan fingerprint density at radius 2 is 2.29 bits per heavy atom. The van der Waals surface area contributed by atoms with Crippen LogP contribution >= 0.6 is 0 Å². The Bertz CT molecular complexity index is 637. The molecule has 0 radical (unpaired) electrons. The molecule has 1 fully saturated rings. The molecule has 3 heterocycles. The van der Waals surface area contributed by atoms with E-state index in [1.165, 1.54) is 6.20 Å². The van der Waals surface area contributed by atoms with Crippen molar-refractivity contribution in [3.05, 3.63) is 29.1 Å². The number of hydrogen-bond acceptors (Lipinski definition) is 6. The molecule has 0 saturated carbocycles. The van der Waals surface area contributed by atoms with E-state index >= 15 is 0 Å². The van der Waals surface area contributed by atoms with Crippen molar-refractivity contribution in [2.45, 2.75) is 26.0 Å². The lowest BCUT2D eigenvalue weighted by atomic mass is 10.0. The first-order chi connectivity index (χ1) is 11.6. The minimum Gasteiger partial charge on any atom is -0.373 e. The van der Waals surface area contributed by atoms with Crippen molar-refractivity contribution in [1.82, 2.24) is 20.3 Å². The quantitative estimate of drug-likeness (QED) is 0.587. The highest BCUT2D eigenvalue weighted by molar-refractivity contribution is 5.93. The van der Waals surface area contributed by atoms with Crippen LogP contribution in [0.4, 0.5) is 0 Å². The van der Waals surface area contributed by atoms with Gasteiger partial charge in [0.25, 0.3) is 5.91 Å². The van der Waals surface area contributed by atoms with Crippen LogP contribution in [0.3, 0.4) is 0 Å². The third-order valence-electron chi connectivity index (χ3n) is 4.54. The molecule has 1 atom stereocenters. The van der Waals surface area contributed by atoms with Gasteiger partial charge in [-0.25, -0.2) is 5.48 Å². The van der Waals surface area contributed by atoms with Gasteiger partial charge in [0, 0.05) is 45.8 Å². The van der Waals surface area contributed by atoms with Gasteiger partial charge in [0.15, 0.2) is 0 Å². The molecule has 2 aliphatic heterocycles. The van der Waals surface area contributed by atoms with E-state index in [0.29, 0.717) is 31.8 Å². The summed E-state index contributed by atoms with van der Waals surface area (Å²) in [5.74, 6) is -0.462. The van der Waals surface area contributed by atoms with E-state index in [1.807, 2.05) is 4.90 Å². The molecule has 0 spiro atoms. The van der Waals surface area contributed by atoms with Gasteiger partial charge in [-0.1, -0.05) is 0 Å². The van der Waals surface area contributed by atoms with Crippen LogP contribution in [0.15, 0.2) is 12.3 Å². The fourth-order valence-corrected chi connectivity index (χ4v) is 3.22. The molecule has 0 aliphatic carbocycles. The van der Waals surface area contributed by atoms with Gasteiger partial charge < -0.3 is 9.64 Å². The zero-order valence-corrected chi connectivity index (χ0v) is 13.7. The Balaban J connectivity index is 1.61. The van der Waals surface area contributed by atoms with Gasteiger partial charge in [0.2, 0.25) is 5.91 Å². The van der Waals surface area contributed by atoms with Crippen LogP contribution in [0, 0.1) is 0 Å². The highest BCUT2D eigenvalue weighted by Gasteiger charge is 2.26. The second kappa shape index (κ2) is 7.25. The first-order valence-electron chi connectivity index (χ1n) is 8.08. The van der Waals surface area contributed by atoms with E-state index in [-0.39, 0.29) is 12.0 Å². The highest BCUT2D eigenvalue weighted by atomic mass is 16.5. The summed E-state index contributed by atoms with van der Waals surface area (Å²) in [6.07, 6.45) is 2.28. The van der Waals surface area contributed by atoms with Crippen LogP contribution in [0.25, 0.3) is 0 Å². The summed E-state index contributed by atoms with van der Waals surface area (Å²) in [6.45, 7) is 5.74. The van der Waals surface area contributed by atoms with Gasteiger partial charge in [-0.05, 0) is 18.1 Å². The molecule has 1 saturated heterocycles. The Kier molecular flexibility index (Phi) is 5.08. The molecule has 8 heteroatoms. The number of nitrogens with zero attached hydrogens (tertiary/aromatic N) is 3. The van der Waals surface area contributed by atoms with E-state index in [1.54, 1.807) is 18.5 Å². The molecule has 2 aliphatic rings. The van der Waals surface area contributed by atoms with Gasteiger partial charge >= 0.3 is 0 Å². The number of aromatic nitrogens is 1. The van der Waals surface area contributed by atoms with E-state index < -0.39 is 5.91 Å². The standard InChI is InChI=1S/C16H22N4O4/c1-11(21)20-4-5-24-14(9-20)8-19-3-2-12-6-13(16(22)18-23)7-17-15(12)10-19/h6-7,14,23H,2-5,8-10H2,1H3,(H,18,22). The van der Waals surface area contributed by atoms with Gasteiger partial charge in [-0.3, -0.25) is 24.7 Å². The predicted molar refractivity (Wildman–Crippen MR) is 84.5 cm³/mol. The summed E-state index contributed by atoms with van der Waals surface area (Å²) in [5, 5.41) is 8.70. The van der Waals surface area contributed by atoms with E-state index in [2.05, 4.69) is 9.88 Å². The molecule has 0 bridgehead atoms. The fourth-order valence-electron chi connectivity index (χ4n) is 3.22. The molecule has 24 heavy (non-hydrogen) atoms. The van der Waals surface area contributed by atoms with Crippen molar-refractivity contribution in [3.8, 4) is 0 Å². The van der Waals surface area contributed by atoms with Crippen LogP contribution in [0.1, 0.15) is 28.5 Å². The largest absolute Gasteiger partial charge is 0.373 e. The molecule has 1 unspecified atom stereocenters. The number of hydroxylamine groups is 1. The minimum absolute atomic E-state index is 0.0173. The smallest absolute Gasteiger partial charge is 0.276 e. The molecule has 8 nitrogen and oxygen atoms in total. The number of rotatable bonds is 3. The summed E-state index contributed by atoms with van der Waals surface area (Å²) >= 11 is 0. The van der Waals surface area contributed by atoms with E-state index in [9.17, 15) is 9.59 Å². The van der Waals surface area contributed by atoms with Crippen LogP contribution in [0.2, 0.25) is 0 Å². The number of ether oxygens (including phenoxy) is 1. The average molecular weight is 334 g/mol. The second-order valence-corrected chi connectivity index (χ2v) is 6.21. The Morgan fingerprint density at radius 1 is 1.46 bits per heavy atom. The lowest BCUT2D eigenvalue weighted by Crippen LogP contribution is -2.49. The van der Waals surface area contributed by atoms with Crippen LogP contribution < -0.4 is 5.48 Å². The summed E-state index contributed by atoms with van der Waals surface area (Å²) in [4.78, 5) is 31.4. The molecule has 130 valence electrons. The number of pyridine rings is 1. The second-order valence-electron chi connectivity index (χ2n) is 6.21. The number of carbonyl (C=O) groups excluding carboxylic acids is 2. The van der Waals surface area contributed by atoms with Crippen molar-refractivity contribution in [3.63, 3.8) is 0 Å². The minimum atomic E-state index is -0.548. The lowest BCUT2D eigenvalue weighted by molar-refractivity contribution is -0.137. The topological polar surface area (TPSA) is 95.0 Å². The fraction of sp³-hybridized carbons (Fsp3) is 0.562. The number of morpholine rings is 1. The summed E-state index contributed by atoms with van der Waals surface area (Å²) in [7, 11) is 0. The Morgan fingerprint density at radius 3 is 3.04 bits per heavy atom. The van der Waals surface area contributed by atoms with Crippen molar-refractivity contribution in [1.29, 1.82) is 0 Å². The maximum atomic E-state index is 11.5. The molecule has 0 aromatic carbocycles. The van der Waals surface area contributed by atoms with Crippen LogP contribution in [0.5, 0.6) is 0 Å². The van der Waals surface area contributed by atoms with Gasteiger partial charge in [0.05, 0.1) is 24.0 Å². The first kappa shape index (κ1) is 16.8. The van der Waals surface area contributed by atoms with E-state index in [4.69, 9.17) is 9.94 Å². The SMILES string of the molecule is CC(=O)N1CCOC(CN2CCc3cc(C(=O)NO)cnc3C2)C1. The highest BCUT2D eigenvalue weighted by Crippen LogP contribution is 2.19. The Labute approximate surface area is 140 Å². The van der Waals surface area contributed by atoms with Crippen LogP contribution in [-0.2, 0) is 22.5 Å². The number of amides is 2. The van der Waals surface area contributed by atoms with Crippen LogP contribution in [-0.4, -0.2) is 70.7 Å². The zero-order valence-electron chi connectivity index (χ0n) is 13.7. The molecular formula is C16H22N4O4. The predicted octanol–water partition coefficient (Wildman–Crippen LogP) is -0.194. The maximum absolute atomic E-state index is 11.5. The monoisotopic (exact) mass is 334 g/mol. The first-order valence-corrected chi connectivity index (χ1v) is 8.08. The number of carbonyl (C=O) groups is 2. The number of hydrogen-bond donors (Lipinski definition) is 2. The normalized spacial score (nSPS) is 21.2. The van der Waals surface area contributed by atoms with E-state index in [0.717, 1.165) is 30.8 Å². The van der Waals surface area contributed by atoms with Crippen molar-refractivity contribution < 1.29 is 19.5 Å². The third-order valence-corrected chi connectivity index (χ3v) is 4.54. The van der Waals surface area contributed by atoms with Crippen molar-refractivity contribution in [2.75, 3.05) is 32.8 Å². The summed E-state index contributed by atoms with van der Waals surface area (Å²) in [5.41, 5.74) is 3.95. The summed E-state index contributed by atoms with van der Waals surface area (Å²) in [6, 6.07) is 1.78. The van der Waals surface area contributed by atoms with Crippen molar-refractivity contribution >= 4 is 11.8 Å². The summed E-state index contributed by atoms with van der Waals surface area (Å²) < 4.78 is 5.78. The molecule has 2 amide bonds.